The van der Waals surface area contributed by atoms with Crippen LogP contribution in [0.5, 0.6) is 11.5 Å². The summed E-state index contributed by atoms with van der Waals surface area (Å²) in [5.41, 5.74) is 10.2. The average molecular weight is 496 g/mol. The number of rotatable bonds is 7. The molecule has 37 heavy (non-hydrogen) atoms. The van der Waals surface area contributed by atoms with E-state index >= 15 is 0 Å². The van der Waals surface area contributed by atoms with Crippen molar-refractivity contribution in [3.63, 3.8) is 0 Å². The Bertz CT molecular complexity index is 1340. The first-order valence-corrected chi connectivity index (χ1v) is 13.6. The molecule has 3 aromatic rings. The summed E-state index contributed by atoms with van der Waals surface area (Å²) in [5, 5.41) is 10.2. The van der Waals surface area contributed by atoms with E-state index in [-0.39, 0.29) is 12.8 Å². The minimum atomic E-state index is -0.258. The van der Waals surface area contributed by atoms with E-state index in [0.717, 1.165) is 57.5 Å². The third-order valence-electron chi connectivity index (χ3n) is 7.95. The Kier molecular flexibility index (Phi) is 6.84. The lowest BCUT2D eigenvalue weighted by atomic mass is 9.87. The molecule has 0 spiro atoms. The highest BCUT2D eigenvalue weighted by atomic mass is 19.1. The summed E-state index contributed by atoms with van der Waals surface area (Å²) in [5.74, 6) is 1.20. The number of allylic oxidation sites excluding steroid dienone is 2. The Labute approximate surface area is 218 Å². The topological polar surface area (TPSA) is 32.7 Å². The van der Waals surface area contributed by atoms with Crippen molar-refractivity contribution in [1.82, 2.24) is 4.90 Å². The van der Waals surface area contributed by atoms with Crippen LogP contribution in [-0.2, 0) is 12.8 Å². The Balaban J connectivity index is 1.34. The highest BCUT2D eigenvalue weighted by Gasteiger charge is 2.24. The van der Waals surface area contributed by atoms with E-state index in [1.165, 1.54) is 44.5 Å². The van der Waals surface area contributed by atoms with E-state index in [1.807, 2.05) is 6.07 Å². The molecule has 0 saturated carbocycles. The van der Waals surface area contributed by atoms with Gasteiger partial charge in [-0.15, -0.1) is 0 Å². The second-order valence-electron chi connectivity index (χ2n) is 10.5. The molecule has 1 atom stereocenters. The van der Waals surface area contributed by atoms with Gasteiger partial charge >= 0.3 is 0 Å². The van der Waals surface area contributed by atoms with Crippen molar-refractivity contribution < 1.29 is 14.2 Å². The molecule has 1 fully saturated rings. The zero-order valence-electron chi connectivity index (χ0n) is 21.3. The minimum absolute atomic E-state index is 0.154. The number of aromatic hydroxyl groups is 1. The number of hydrogen-bond donors (Lipinski definition) is 1. The quantitative estimate of drug-likeness (QED) is 0.381. The first-order valence-electron chi connectivity index (χ1n) is 13.6. The molecule has 0 unspecified atom stereocenters. The lowest BCUT2D eigenvalue weighted by Crippen LogP contribution is -2.26. The molecule has 1 aliphatic heterocycles. The Morgan fingerprint density at radius 1 is 0.946 bits per heavy atom. The third kappa shape index (κ3) is 5.08. The van der Waals surface area contributed by atoms with E-state index in [2.05, 4.69) is 65.6 Å². The number of phenolic OH excluding ortho intramolecular Hbond substituents is 1. The predicted octanol–water partition coefficient (Wildman–Crippen LogP) is 7.07. The summed E-state index contributed by atoms with van der Waals surface area (Å²) >= 11 is 0. The number of likely N-dealkylation sites (tertiary alicyclic amines) is 1. The molecule has 190 valence electrons. The molecule has 0 radical (unpaired) electrons. The molecule has 1 saturated heterocycles. The fourth-order valence-corrected chi connectivity index (χ4v) is 6.10. The maximum atomic E-state index is 12.5. The highest BCUT2D eigenvalue weighted by molar-refractivity contribution is 6.00. The lowest BCUT2D eigenvalue weighted by Gasteiger charge is -2.19. The second kappa shape index (κ2) is 10.5. The van der Waals surface area contributed by atoms with Crippen molar-refractivity contribution in [2.45, 2.75) is 44.6 Å². The highest BCUT2D eigenvalue weighted by Crippen LogP contribution is 2.41. The standard InChI is InChI=1S/C33H34FNO2/c34-17-3-18-35-19-16-30(22-35)37-29-13-10-24(11-14-29)33-31(27-9-8-23-4-1-5-25(23)20-27)7-2-6-26-21-28(36)12-15-32(26)33/h1,5,8-15,20-21,30,36H,2-4,6-7,16-19,22H2/t30-/m0/s1. The number of phenols is 1. The molecule has 3 aromatic carbocycles. The SMILES string of the molecule is Oc1ccc2c(c1)CCCC(c1ccc3c(c1)C=CC3)=C2c1ccc(O[C@H]2CCN(CCCF)C2)cc1. The normalized spacial score (nSPS) is 19.1. The predicted molar refractivity (Wildman–Crippen MR) is 149 cm³/mol. The van der Waals surface area contributed by atoms with Gasteiger partial charge in [-0.2, -0.15) is 0 Å². The van der Waals surface area contributed by atoms with Gasteiger partial charge in [0.1, 0.15) is 17.6 Å². The van der Waals surface area contributed by atoms with Crippen LogP contribution in [0.4, 0.5) is 4.39 Å². The summed E-state index contributed by atoms with van der Waals surface area (Å²) in [6.07, 6.45) is 10.2. The molecule has 1 N–H and O–H groups in total. The molecule has 0 amide bonds. The van der Waals surface area contributed by atoms with Gasteiger partial charge in [-0.25, -0.2) is 0 Å². The van der Waals surface area contributed by atoms with Crippen LogP contribution in [0.2, 0.25) is 0 Å². The lowest BCUT2D eigenvalue weighted by molar-refractivity contribution is 0.198. The fraction of sp³-hybridized carbons (Fsp3) is 0.333. The van der Waals surface area contributed by atoms with Crippen LogP contribution in [0.15, 0.2) is 66.7 Å². The molecule has 0 bridgehead atoms. The van der Waals surface area contributed by atoms with Gasteiger partial charge in [-0.05, 0) is 113 Å². The van der Waals surface area contributed by atoms with Crippen LogP contribution in [0.1, 0.15) is 59.1 Å². The number of benzene rings is 3. The van der Waals surface area contributed by atoms with Crippen LogP contribution >= 0.6 is 0 Å². The molecule has 1 heterocycles. The summed E-state index contributed by atoms with van der Waals surface area (Å²) in [7, 11) is 0. The second-order valence-corrected chi connectivity index (χ2v) is 10.5. The summed E-state index contributed by atoms with van der Waals surface area (Å²) in [4.78, 5) is 2.29. The number of aryl methyl sites for hydroxylation is 1. The van der Waals surface area contributed by atoms with E-state index in [0.29, 0.717) is 12.2 Å². The molecule has 0 aromatic heterocycles. The first-order chi connectivity index (χ1) is 18.2. The van der Waals surface area contributed by atoms with Crippen molar-refractivity contribution in [2.75, 3.05) is 26.3 Å². The van der Waals surface area contributed by atoms with E-state index in [9.17, 15) is 9.50 Å². The molecule has 4 heteroatoms. The van der Waals surface area contributed by atoms with Crippen molar-refractivity contribution in [2.24, 2.45) is 0 Å². The molecule has 3 aliphatic rings. The molecular weight excluding hydrogens is 461 g/mol. The van der Waals surface area contributed by atoms with Gasteiger partial charge in [0.2, 0.25) is 0 Å². The summed E-state index contributed by atoms with van der Waals surface area (Å²) in [6.45, 7) is 2.38. The van der Waals surface area contributed by atoms with Gasteiger partial charge in [0.25, 0.3) is 0 Å². The van der Waals surface area contributed by atoms with Crippen LogP contribution in [0.25, 0.3) is 17.2 Å². The van der Waals surface area contributed by atoms with Crippen LogP contribution in [0.3, 0.4) is 0 Å². The monoisotopic (exact) mass is 495 g/mol. The number of fused-ring (bicyclic) bond motifs is 2. The number of ether oxygens (including phenoxy) is 1. The Hall–Kier alpha value is -3.37. The van der Waals surface area contributed by atoms with Gasteiger partial charge in [-0.3, -0.25) is 9.29 Å². The molecular formula is C33H34FNO2. The third-order valence-corrected chi connectivity index (χ3v) is 7.95. The van der Waals surface area contributed by atoms with Gasteiger partial charge < -0.3 is 9.84 Å². The fourth-order valence-electron chi connectivity index (χ4n) is 6.10. The number of alkyl halides is 1. The van der Waals surface area contributed by atoms with Crippen LogP contribution < -0.4 is 4.74 Å². The maximum Gasteiger partial charge on any atom is 0.119 e. The minimum Gasteiger partial charge on any atom is -0.508 e. The number of halogens is 1. The number of nitrogens with zero attached hydrogens (tertiary/aromatic N) is 1. The summed E-state index contributed by atoms with van der Waals surface area (Å²) in [6, 6.07) is 21.2. The average Bonchev–Trinajstić information content (AvgIpc) is 3.53. The van der Waals surface area contributed by atoms with Gasteiger partial charge in [0, 0.05) is 19.6 Å². The number of hydrogen-bond acceptors (Lipinski definition) is 3. The zero-order chi connectivity index (χ0) is 25.2. The first kappa shape index (κ1) is 24.0. The van der Waals surface area contributed by atoms with Crippen molar-refractivity contribution in [3.8, 4) is 11.5 Å². The van der Waals surface area contributed by atoms with Crippen LogP contribution in [0, 0.1) is 0 Å². The van der Waals surface area contributed by atoms with Crippen molar-refractivity contribution in [1.29, 1.82) is 0 Å². The van der Waals surface area contributed by atoms with Crippen molar-refractivity contribution in [3.05, 3.63) is 100 Å². The molecule has 2 aliphatic carbocycles. The molecule has 6 rings (SSSR count). The van der Waals surface area contributed by atoms with Crippen molar-refractivity contribution >= 4 is 17.2 Å². The largest absolute Gasteiger partial charge is 0.508 e. The van der Waals surface area contributed by atoms with Crippen LogP contribution in [-0.4, -0.2) is 42.4 Å². The smallest absolute Gasteiger partial charge is 0.119 e. The zero-order valence-corrected chi connectivity index (χ0v) is 21.3. The molecule has 3 nitrogen and oxygen atoms in total. The van der Waals surface area contributed by atoms with E-state index in [1.54, 1.807) is 6.07 Å². The van der Waals surface area contributed by atoms with Gasteiger partial charge in [-0.1, -0.05) is 42.5 Å². The Morgan fingerprint density at radius 2 is 1.81 bits per heavy atom. The van der Waals surface area contributed by atoms with E-state index in [4.69, 9.17) is 4.74 Å². The van der Waals surface area contributed by atoms with E-state index < -0.39 is 0 Å². The summed E-state index contributed by atoms with van der Waals surface area (Å²) < 4.78 is 18.8. The van der Waals surface area contributed by atoms with Gasteiger partial charge in [0.15, 0.2) is 0 Å². The maximum absolute atomic E-state index is 12.5. The Morgan fingerprint density at radius 3 is 2.68 bits per heavy atom. The van der Waals surface area contributed by atoms with Gasteiger partial charge in [0.05, 0.1) is 6.67 Å².